The summed E-state index contributed by atoms with van der Waals surface area (Å²) in [7, 11) is 1.79. The van der Waals surface area contributed by atoms with Crippen LogP contribution < -0.4 is 10.6 Å². The fraction of sp³-hybridized carbons (Fsp3) is 0.526. The summed E-state index contributed by atoms with van der Waals surface area (Å²) in [6.07, 6.45) is 0.620. The van der Waals surface area contributed by atoms with Gasteiger partial charge in [0.1, 0.15) is 24.0 Å². The first kappa shape index (κ1) is 19.9. The van der Waals surface area contributed by atoms with E-state index in [-0.39, 0.29) is 11.9 Å². The highest BCUT2D eigenvalue weighted by molar-refractivity contribution is 5.88. The number of carbonyl (C=O) groups is 3. The summed E-state index contributed by atoms with van der Waals surface area (Å²) in [5, 5.41) is 5.83. The molecule has 1 heterocycles. The van der Waals surface area contributed by atoms with Gasteiger partial charge in [0.05, 0.1) is 0 Å². The molecule has 0 saturated carbocycles. The molecule has 0 aliphatic carbocycles. The van der Waals surface area contributed by atoms with Crippen molar-refractivity contribution in [3.63, 3.8) is 0 Å². The number of amides is 2. The quantitative estimate of drug-likeness (QED) is 0.779. The number of nitrogens with one attached hydrogen (secondary N) is 2. The van der Waals surface area contributed by atoms with Crippen LogP contribution in [-0.2, 0) is 14.3 Å². The van der Waals surface area contributed by atoms with Gasteiger partial charge in [-0.1, -0.05) is 30.3 Å². The minimum Gasteiger partial charge on any atom is -0.444 e. The topological polar surface area (TPSA) is 87.7 Å². The lowest BCUT2D eigenvalue weighted by Crippen LogP contribution is -2.48. The normalized spacial score (nSPS) is 21.2. The van der Waals surface area contributed by atoms with Crippen LogP contribution in [0.3, 0.4) is 0 Å². The number of carbonyl (C=O) groups excluding carboxylic acids is 3. The molecular weight excluding hydrogens is 334 g/mol. The van der Waals surface area contributed by atoms with Crippen molar-refractivity contribution in [2.45, 2.75) is 50.9 Å². The summed E-state index contributed by atoms with van der Waals surface area (Å²) in [5.74, 6) is -0.366. The van der Waals surface area contributed by atoms with Crippen molar-refractivity contribution >= 4 is 18.3 Å². The number of benzene rings is 1. The third-order valence-electron chi connectivity index (χ3n) is 4.23. The van der Waals surface area contributed by atoms with Crippen molar-refractivity contribution in [2.24, 2.45) is 0 Å². The second kappa shape index (κ2) is 8.31. The predicted molar refractivity (Wildman–Crippen MR) is 97.6 cm³/mol. The van der Waals surface area contributed by atoms with E-state index in [1.807, 2.05) is 6.07 Å². The van der Waals surface area contributed by atoms with Crippen LogP contribution in [0.2, 0.25) is 0 Å². The predicted octanol–water partition coefficient (Wildman–Crippen LogP) is 1.64. The summed E-state index contributed by atoms with van der Waals surface area (Å²) in [5.41, 5.74) is 0.0495. The van der Waals surface area contributed by atoms with Gasteiger partial charge in [-0.25, -0.2) is 4.79 Å². The molecule has 0 spiro atoms. The van der Waals surface area contributed by atoms with Crippen molar-refractivity contribution in [3.05, 3.63) is 35.9 Å². The molecule has 1 fully saturated rings. The number of hydrogen-bond acceptors (Lipinski definition) is 5. The van der Waals surface area contributed by atoms with Gasteiger partial charge >= 0.3 is 6.09 Å². The van der Waals surface area contributed by atoms with Crippen LogP contribution in [0.25, 0.3) is 0 Å². The van der Waals surface area contributed by atoms with E-state index >= 15 is 0 Å². The third-order valence-corrected chi connectivity index (χ3v) is 4.23. The van der Waals surface area contributed by atoms with Gasteiger partial charge in [-0.2, -0.15) is 0 Å². The highest BCUT2D eigenvalue weighted by Crippen LogP contribution is 2.22. The fourth-order valence-electron chi connectivity index (χ4n) is 2.92. The number of likely N-dealkylation sites (tertiary alicyclic amines) is 1. The molecule has 2 rings (SSSR count). The Bertz CT molecular complexity index is 642. The second-order valence-corrected chi connectivity index (χ2v) is 7.40. The van der Waals surface area contributed by atoms with Gasteiger partial charge in [0.2, 0.25) is 5.91 Å². The zero-order valence-corrected chi connectivity index (χ0v) is 15.7. The summed E-state index contributed by atoms with van der Waals surface area (Å²) in [6.45, 7) is 5.72. The van der Waals surface area contributed by atoms with E-state index in [1.165, 1.54) is 4.90 Å². The molecule has 7 nitrogen and oxygen atoms in total. The minimum absolute atomic E-state index is 0.00956. The molecule has 1 aromatic rings. The van der Waals surface area contributed by atoms with Crippen LogP contribution in [0.15, 0.2) is 30.3 Å². The number of ether oxygens (including phenoxy) is 1. The number of aldehydes is 1. The Hall–Kier alpha value is -2.41. The second-order valence-electron chi connectivity index (χ2n) is 7.40. The van der Waals surface area contributed by atoms with E-state index in [0.717, 1.165) is 0 Å². The van der Waals surface area contributed by atoms with Gasteiger partial charge in [0.25, 0.3) is 0 Å². The molecule has 3 unspecified atom stereocenters. The maximum atomic E-state index is 12.8. The number of hydrogen-bond donors (Lipinski definition) is 2. The SMILES string of the molecule is CNC1CC(C(=O)NC(C=O)c2ccccc2)N(C(=O)OC(C)(C)C)C1. The lowest BCUT2D eigenvalue weighted by molar-refractivity contribution is -0.128. The molecule has 142 valence electrons. The monoisotopic (exact) mass is 361 g/mol. The Balaban J connectivity index is 2.13. The zero-order chi connectivity index (χ0) is 19.3. The van der Waals surface area contributed by atoms with Crippen LogP contribution in [0.1, 0.15) is 38.8 Å². The van der Waals surface area contributed by atoms with Gasteiger partial charge in [-0.3, -0.25) is 9.69 Å². The van der Waals surface area contributed by atoms with Gasteiger partial charge in [0.15, 0.2) is 0 Å². The van der Waals surface area contributed by atoms with Crippen LogP contribution >= 0.6 is 0 Å². The highest BCUT2D eigenvalue weighted by Gasteiger charge is 2.41. The van der Waals surface area contributed by atoms with Crippen molar-refractivity contribution < 1.29 is 19.1 Å². The molecule has 1 aromatic carbocycles. The maximum absolute atomic E-state index is 12.8. The molecule has 1 aliphatic rings. The summed E-state index contributed by atoms with van der Waals surface area (Å²) < 4.78 is 5.42. The van der Waals surface area contributed by atoms with E-state index < -0.39 is 23.8 Å². The Morgan fingerprint density at radius 3 is 2.46 bits per heavy atom. The molecule has 1 saturated heterocycles. The molecular formula is C19H27N3O4. The Morgan fingerprint density at radius 1 is 1.27 bits per heavy atom. The van der Waals surface area contributed by atoms with Gasteiger partial charge < -0.3 is 20.2 Å². The van der Waals surface area contributed by atoms with Crippen LogP contribution in [0.4, 0.5) is 4.79 Å². The summed E-state index contributed by atoms with van der Waals surface area (Å²) in [6, 6.07) is 7.55. The molecule has 0 bridgehead atoms. The van der Waals surface area contributed by atoms with Crippen LogP contribution in [0, 0.1) is 0 Å². The smallest absolute Gasteiger partial charge is 0.411 e. The van der Waals surface area contributed by atoms with Crippen molar-refractivity contribution in [2.75, 3.05) is 13.6 Å². The minimum atomic E-state index is -0.752. The molecule has 3 atom stereocenters. The lowest BCUT2D eigenvalue weighted by Gasteiger charge is -2.28. The largest absolute Gasteiger partial charge is 0.444 e. The number of likely N-dealkylation sites (N-methyl/N-ethyl adjacent to an activating group) is 1. The molecule has 2 N–H and O–H groups in total. The Labute approximate surface area is 154 Å². The average molecular weight is 361 g/mol. The first-order chi connectivity index (χ1) is 12.2. The van der Waals surface area contributed by atoms with Crippen molar-refractivity contribution in [1.82, 2.24) is 15.5 Å². The average Bonchev–Trinajstić information content (AvgIpc) is 3.03. The number of rotatable bonds is 5. The van der Waals surface area contributed by atoms with E-state index in [1.54, 1.807) is 52.1 Å². The fourth-order valence-corrected chi connectivity index (χ4v) is 2.92. The van der Waals surface area contributed by atoms with Crippen LogP contribution in [-0.4, -0.2) is 54.5 Å². The van der Waals surface area contributed by atoms with E-state index in [2.05, 4.69) is 10.6 Å². The number of nitrogens with zero attached hydrogens (tertiary/aromatic N) is 1. The summed E-state index contributed by atoms with van der Waals surface area (Å²) in [4.78, 5) is 38.1. The Morgan fingerprint density at radius 2 is 1.92 bits per heavy atom. The summed E-state index contributed by atoms with van der Waals surface area (Å²) >= 11 is 0. The third kappa shape index (κ3) is 5.05. The van der Waals surface area contributed by atoms with Crippen molar-refractivity contribution in [3.8, 4) is 0 Å². The first-order valence-electron chi connectivity index (χ1n) is 8.72. The molecule has 0 aromatic heterocycles. The van der Waals surface area contributed by atoms with Crippen LogP contribution in [0.5, 0.6) is 0 Å². The highest BCUT2D eigenvalue weighted by atomic mass is 16.6. The molecule has 26 heavy (non-hydrogen) atoms. The molecule has 2 amide bonds. The molecule has 0 radical (unpaired) electrons. The maximum Gasteiger partial charge on any atom is 0.411 e. The standard InChI is InChI=1S/C19H27N3O4/c1-19(2,3)26-18(25)22-11-14(20-4)10-16(22)17(24)21-15(12-23)13-8-6-5-7-9-13/h5-9,12,14-16,20H,10-11H2,1-4H3,(H,21,24). The van der Waals surface area contributed by atoms with Crippen molar-refractivity contribution in [1.29, 1.82) is 0 Å². The van der Waals surface area contributed by atoms with Gasteiger partial charge in [-0.15, -0.1) is 0 Å². The van der Waals surface area contributed by atoms with Gasteiger partial charge in [0, 0.05) is 12.6 Å². The first-order valence-corrected chi connectivity index (χ1v) is 8.72. The van der Waals surface area contributed by atoms with E-state index in [4.69, 9.17) is 4.74 Å². The zero-order valence-electron chi connectivity index (χ0n) is 15.7. The van der Waals surface area contributed by atoms with Gasteiger partial charge in [-0.05, 0) is 39.8 Å². The molecule has 1 aliphatic heterocycles. The van der Waals surface area contributed by atoms with E-state index in [9.17, 15) is 14.4 Å². The lowest BCUT2D eigenvalue weighted by atomic mass is 10.1. The molecule has 7 heteroatoms. The van der Waals surface area contributed by atoms with E-state index in [0.29, 0.717) is 24.8 Å². The Kier molecular flexibility index (Phi) is 6.37.